The van der Waals surface area contributed by atoms with Crippen molar-refractivity contribution in [2.45, 2.75) is 18.9 Å². The molecule has 1 aliphatic heterocycles. The molecule has 5 nitrogen and oxygen atoms in total. The fourth-order valence-corrected chi connectivity index (χ4v) is 4.31. The van der Waals surface area contributed by atoms with Crippen LogP contribution in [0.25, 0.3) is 16.8 Å². The molecule has 3 aromatic carbocycles. The molecule has 1 amide bonds. The van der Waals surface area contributed by atoms with Gasteiger partial charge in [0.15, 0.2) is 5.69 Å². The zero-order chi connectivity index (χ0) is 27.1. The molecule has 0 fully saturated rings. The predicted octanol–water partition coefficient (Wildman–Crippen LogP) is 6.61. The van der Waals surface area contributed by atoms with E-state index >= 15 is 0 Å². The Morgan fingerprint density at radius 2 is 1.53 bits per heavy atom. The number of carbonyl (C=O) groups is 1. The van der Waals surface area contributed by atoms with Crippen molar-refractivity contribution in [2.24, 2.45) is 0 Å². The summed E-state index contributed by atoms with van der Waals surface area (Å²) in [7, 11) is 0. The molecule has 0 bridgehead atoms. The van der Waals surface area contributed by atoms with E-state index in [9.17, 15) is 31.1 Å². The third-order valence-corrected chi connectivity index (χ3v) is 6.14. The maximum atomic E-state index is 14.1. The van der Waals surface area contributed by atoms with Crippen LogP contribution in [0.2, 0.25) is 0 Å². The second-order valence-electron chi connectivity index (χ2n) is 8.62. The van der Waals surface area contributed by atoms with Crippen molar-refractivity contribution in [2.75, 3.05) is 13.2 Å². The molecule has 2 heterocycles. The Morgan fingerprint density at radius 1 is 0.842 bits per heavy atom. The van der Waals surface area contributed by atoms with Crippen LogP contribution in [-0.4, -0.2) is 33.7 Å². The first kappa shape index (κ1) is 25.4. The molecule has 11 heteroatoms. The van der Waals surface area contributed by atoms with Crippen LogP contribution in [0.1, 0.15) is 27.2 Å². The number of fused-ring (bicyclic) bond motifs is 1. The number of carbonyl (C=O) groups excluding carboxylic acids is 1. The predicted molar refractivity (Wildman–Crippen MR) is 126 cm³/mol. The van der Waals surface area contributed by atoms with Gasteiger partial charge in [0.2, 0.25) is 0 Å². The van der Waals surface area contributed by atoms with Gasteiger partial charge in [-0.1, -0.05) is 36.4 Å². The minimum absolute atomic E-state index is 0.0247. The molecule has 5 rings (SSSR count). The van der Waals surface area contributed by atoms with Gasteiger partial charge in [-0.15, -0.1) is 0 Å². The van der Waals surface area contributed by atoms with Gasteiger partial charge in [0.25, 0.3) is 5.91 Å². The number of alkyl halides is 6. The van der Waals surface area contributed by atoms with Gasteiger partial charge in [0.1, 0.15) is 12.4 Å². The largest absolute Gasteiger partial charge is 0.491 e. The van der Waals surface area contributed by atoms with Crippen LogP contribution in [-0.2, 0) is 18.9 Å². The molecule has 0 aliphatic carbocycles. The molecule has 0 N–H and O–H groups in total. The lowest BCUT2D eigenvalue weighted by atomic mass is 10.0. The zero-order valence-corrected chi connectivity index (χ0v) is 19.6. The fourth-order valence-electron chi connectivity index (χ4n) is 4.31. The van der Waals surface area contributed by atoms with Crippen molar-refractivity contribution in [1.29, 1.82) is 0 Å². The van der Waals surface area contributed by atoms with Crippen LogP contribution in [0.4, 0.5) is 26.3 Å². The number of aromatic nitrogens is 2. The summed E-state index contributed by atoms with van der Waals surface area (Å²) >= 11 is 0. The van der Waals surface area contributed by atoms with E-state index in [1.165, 1.54) is 41.3 Å². The molecule has 4 aromatic rings. The Hall–Kier alpha value is -4.28. The van der Waals surface area contributed by atoms with E-state index in [1.54, 1.807) is 24.3 Å². The van der Waals surface area contributed by atoms with Crippen LogP contribution in [0, 0.1) is 0 Å². The monoisotopic (exact) mass is 531 g/mol. The minimum atomic E-state index is -4.74. The third-order valence-electron chi connectivity index (χ3n) is 6.14. The lowest BCUT2D eigenvalue weighted by molar-refractivity contribution is -0.143. The number of ether oxygens (including phenoxy) is 1. The fraction of sp³-hybridized carbons (Fsp3) is 0.185. The smallest absolute Gasteiger partial charge is 0.433 e. The number of rotatable bonds is 4. The van der Waals surface area contributed by atoms with Gasteiger partial charge >= 0.3 is 12.4 Å². The molecule has 0 saturated heterocycles. The summed E-state index contributed by atoms with van der Waals surface area (Å²) in [5, 5.41) is 3.94. The molecule has 0 unspecified atom stereocenters. The first-order valence-corrected chi connectivity index (χ1v) is 11.5. The van der Waals surface area contributed by atoms with Gasteiger partial charge in [-0.05, 0) is 47.5 Å². The molecular formula is C27H19F6N3O2. The minimum Gasteiger partial charge on any atom is -0.491 e. The maximum absolute atomic E-state index is 14.1. The number of halogens is 6. The summed E-state index contributed by atoms with van der Waals surface area (Å²) in [6, 6.07) is 16.9. The summed E-state index contributed by atoms with van der Waals surface area (Å²) in [5.74, 6) is -0.323. The van der Waals surface area contributed by atoms with E-state index in [2.05, 4.69) is 5.10 Å². The Balaban J connectivity index is 1.46. The van der Waals surface area contributed by atoms with Gasteiger partial charge in [0, 0.05) is 12.1 Å². The second kappa shape index (κ2) is 9.55. The number of amides is 1. The molecule has 0 atom stereocenters. The van der Waals surface area contributed by atoms with Crippen molar-refractivity contribution < 1.29 is 35.9 Å². The topological polar surface area (TPSA) is 47.4 Å². The number of nitrogens with zero attached hydrogens (tertiary/aromatic N) is 3. The van der Waals surface area contributed by atoms with Gasteiger partial charge in [-0.3, -0.25) is 4.79 Å². The summed E-state index contributed by atoms with van der Waals surface area (Å²) in [5.41, 5.74) is -0.750. The first-order chi connectivity index (χ1) is 18.0. The van der Waals surface area contributed by atoms with E-state index in [1.807, 2.05) is 0 Å². The third kappa shape index (κ3) is 4.96. The number of hydrogen-bond donors (Lipinski definition) is 0. The summed E-state index contributed by atoms with van der Waals surface area (Å²) < 4.78 is 87.5. The van der Waals surface area contributed by atoms with Crippen molar-refractivity contribution in [3.05, 3.63) is 101 Å². The lowest BCUT2D eigenvalue weighted by Gasteiger charge is -2.21. The van der Waals surface area contributed by atoms with Gasteiger partial charge in [-0.25, -0.2) is 4.68 Å². The summed E-state index contributed by atoms with van der Waals surface area (Å²) in [4.78, 5) is 14.7. The molecule has 0 saturated carbocycles. The van der Waals surface area contributed by atoms with Gasteiger partial charge in [-0.2, -0.15) is 31.4 Å². The molecule has 0 radical (unpaired) electrons. The number of para-hydroxylation sites is 1. The summed E-state index contributed by atoms with van der Waals surface area (Å²) in [6.45, 7) is -0.294. The molecule has 196 valence electrons. The quantitative estimate of drug-likeness (QED) is 0.279. The van der Waals surface area contributed by atoms with E-state index in [4.69, 9.17) is 4.74 Å². The average Bonchev–Trinajstić information content (AvgIpc) is 3.26. The Bertz CT molecular complexity index is 1460. The number of benzene rings is 3. The van der Waals surface area contributed by atoms with E-state index < -0.39 is 29.5 Å². The first-order valence-electron chi connectivity index (χ1n) is 11.5. The lowest BCUT2D eigenvalue weighted by Crippen LogP contribution is -2.32. The van der Waals surface area contributed by atoms with Crippen LogP contribution < -0.4 is 4.74 Å². The van der Waals surface area contributed by atoms with E-state index in [0.29, 0.717) is 11.1 Å². The SMILES string of the molecule is O=C1c2cc(-c3ccc(C(F)(F)F)cc3)ccc2OCCN1Cc1cnn(-c2ccccc2)c1C(F)(F)F. The van der Waals surface area contributed by atoms with Gasteiger partial charge in [0.05, 0.1) is 29.6 Å². The van der Waals surface area contributed by atoms with Crippen molar-refractivity contribution in [3.63, 3.8) is 0 Å². The average molecular weight is 531 g/mol. The molecule has 0 spiro atoms. The highest BCUT2D eigenvalue weighted by Crippen LogP contribution is 2.36. The van der Waals surface area contributed by atoms with Crippen LogP contribution in [0.5, 0.6) is 5.75 Å². The Labute approximate surface area is 212 Å². The van der Waals surface area contributed by atoms with Gasteiger partial charge < -0.3 is 9.64 Å². The highest BCUT2D eigenvalue weighted by atomic mass is 19.4. The molecule has 1 aromatic heterocycles. The number of hydrogen-bond acceptors (Lipinski definition) is 3. The zero-order valence-electron chi connectivity index (χ0n) is 19.6. The van der Waals surface area contributed by atoms with E-state index in [0.717, 1.165) is 23.0 Å². The molecular weight excluding hydrogens is 512 g/mol. The molecule has 38 heavy (non-hydrogen) atoms. The van der Waals surface area contributed by atoms with Crippen molar-refractivity contribution in [3.8, 4) is 22.6 Å². The van der Waals surface area contributed by atoms with Crippen molar-refractivity contribution >= 4 is 5.91 Å². The molecule has 1 aliphatic rings. The van der Waals surface area contributed by atoms with Crippen molar-refractivity contribution in [1.82, 2.24) is 14.7 Å². The maximum Gasteiger partial charge on any atom is 0.433 e. The van der Waals surface area contributed by atoms with Crippen LogP contribution in [0.3, 0.4) is 0 Å². The van der Waals surface area contributed by atoms with Crippen LogP contribution >= 0.6 is 0 Å². The Morgan fingerprint density at radius 3 is 2.18 bits per heavy atom. The normalized spacial score (nSPS) is 14.2. The highest BCUT2D eigenvalue weighted by molar-refractivity contribution is 5.98. The summed E-state index contributed by atoms with van der Waals surface area (Å²) in [6.07, 6.45) is -8.13. The Kier molecular flexibility index (Phi) is 6.38. The highest BCUT2D eigenvalue weighted by Gasteiger charge is 2.39. The van der Waals surface area contributed by atoms with Crippen LogP contribution in [0.15, 0.2) is 79.0 Å². The van der Waals surface area contributed by atoms with E-state index in [-0.39, 0.29) is 42.3 Å². The standard InChI is InChI=1S/C27H19F6N3O2/c28-26(29,30)20-9-6-17(7-10-20)18-8-11-23-22(14-18)25(37)35(12-13-38-23)16-19-15-34-36(24(19)27(31,32)33)21-4-2-1-3-5-21/h1-11,14-15H,12-13,16H2. The second-order valence-corrected chi connectivity index (χ2v) is 8.62.